The first-order chi connectivity index (χ1) is 14.0. The first kappa shape index (κ1) is 20.1. The molecule has 0 fully saturated rings. The monoisotopic (exact) mass is 400 g/mol. The van der Waals surface area contributed by atoms with E-state index in [1.807, 2.05) is 60.7 Å². The van der Waals surface area contributed by atoms with E-state index in [1.165, 1.54) is 0 Å². The lowest BCUT2D eigenvalue weighted by Gasteiger charge is -2.21. The highest BCUT2D eigenvalue weighted by Gasteiger charge is 2.24. The summed E-state index contributed by atoms with van der Waals surface area (Å²) in [6.07, 6.45) is 1.08. The van der Waals surface area contributed by atoms with Crippen LogP contribution >= 0.6 is 12.6 Å². The molecule has 2 amide bonds. The van der Waals surface area contributed by atoms with Gasteiger partial charge in [-0.1, -0.05) is 60.7 Å². The Kier molecular flexibility index (Phi) is 8.08. The van der Waals surface area contributed by atoms with Gasteiger partial charge in [0.1, 0.15) is 12.3 Å². The van der Waals surface area contributed by atoms with Crippen LogP contribution in [0.4, 0.5) is 0 Å². The number of aldehydes is 1. The average molecular weight is 401 g/mol. The zero-order valence-corrected chi connectivity index (χ0v) is 16.3. The number of nitrogens with one attached hydrogen (secondary N) is 2. The summed E-state index contributed by atoms with van der Waals surface area (Å²) in [5.74, 6) is -1.25. The number of hydrogen-bond donors (Lipinski definition) is 4. The van der Waals surface area contributed by atoms with Gasteiger partial charge < -0.3 is 21.2 Å². The topological polar surface area (TPSA) is 101 Å². The van der Waals surface area contributed by atoms with Crippen molar-refractivity contribution >= 4 is 30.7 Å². The zero-order chi connectivity index (χ0) is 21.2. The fourth-order valence-electron chi connectivity index (χ4n) is 2.66. The SMILES string of the molecule is [2H]N(C(=O)[C@H](CS)NC(=O)[C@@H](N)Cc1ccccc1)[C@H](C=O)Cc1ccccc1. The first-order valence-corrected chi connectivity index (χ1v) is 9.61. The maximum absolute atomic E-state index is 12.7. The number of nitrogens with two attached hydrogens (primary N) is 1. The zero-order valence-electron chi connectivity index (χ0n) is 16.4. The smallest absolute Gasteiger partial charge is 0.244 e. The van der Waals surface area contributed by atoms with Gasteiger partial charge in [0.05, 0.1) is 12.1 Å². The van der Waals surface area contributed by atoms with Crippen LogP contribution in [0.1, 0.15) is 11.1 Å². The van der Waals surface area contributed by atoms with Gasteiger partial charge in [-0.05, 0) is 24.0 Å². The molecule has 4 N–H and O–H groups in total. The molecule has 0 heterocycles. The standard InChI is InChI=1S/C21H25N3O3S/c22-18(12-16-9-5-2-6-10-16)20(26)24-19(14-28)21(27)23-17(13-25)11-15-7-3-1-4-8-15/h1-10,13,17-19,28H,11-12,14,22H2,(H,23,27)(H,24,26)/t17-,18-,19-/m0/s1/i/hD. The Balaban J connectivity index is 1.98. The molecule has 28 heavy (non-hydrogen) atoms. The highest BCUT2D eigenvalue weighted by Crippen LogP contribution is 2.04. The molecule has 0 aliphatic carbocycles. The molecule has 0 aliphatic heterocycles. The lowest BCUT2D eigenvalue weighted by molar-refractivity contribution is -0.130. The Bertz CT molecular complexity index is 807. The number of hydrogen-bond acceptors (Lipinski definition) is 5. The summed E-state index contributed by atoms with van der Waals surface area (Å²) in [7, 11) is 0. The fraction of sp³-hybridized carbons (Fsp3) is 0.286. The molecule has 0 bridgehead atoms. The average Bonchev–Trinajstić information content (AvgIpc) is 2.76. The quantitative estimate of drug-likeness (QED) is 0.352. The van der Waals surface area contributed by atoms with Crippen molar-refractivity contribution in [2.24, 2.45) is 5.73 Å². The number of carbonyl (C=O) groups is 3. The molecule has 2 rings (SSSR count). The minimum Gasteiger partial charge on any atom is -0.344 e. The van der Waals surface area contributed by atoms with Gasteiger partial charge in [-0.25, -0.2) is 0 Å². The maximum atomic E-state index is 12.7. The van der Waals surface area contributed by atoms with E-state index in [-0.39, 0.29) is 12.2 Å². The highest BCUT2D eigenvalue weighted by atomic mass is 32.1. The molecule has 2 aromatic rings. The Morgan fingerprint density at radius 3 is 2.04 bits per heavy atom. The Morgan fingerprint density at radius 1 is 1.00 bits per heavy atom. The van der Waals surface area contributed by atoms with E-state index in [9.17, 15) is 14.4 Å². The first-order valence-electron chi connectivity index (χ1n) is 9.43. The fourth-order valence-corrected chi connectivity index (χ4v) is 2.91. The third-order valence-electron chi connectivity index (χ3n) is 4.17. The molecule has 0 spiro atoms. The van der Waals surface area contributed by atoms with Gasteiger partial charge in [0.2, 0.25) is 11.8 Å². The van der Waals surface area contributed by atoms with Gasteiger partial charge >= 0.3 is 0 Å². The predicted molar refractivity (Wildman–Crippen MR) is 112 cm³/mol. The number of amides is 2. The summed E-state index contributed by atoms with van der Waals surface area (Å²) in [5.41, 5.74) is 7.67. The van der Waals surface area contributed by atoms with Gasteiger partial charge in [-0.15, -0.1) is 0 Å². The summed E-state index contributed by atoms with van der Waals surface area (Å²) >= 11 is 4.11. The number of thiol groups is 1. The van der Waals surface area contributed by atoms with Gasteiger partial charge in [0.15, 0.2) is 1.41 Å². The van der Waals surface area contributed by atoms with Gasteiger partial charge in [0.25, 0.3) is 0 Å². The second kappa shape index (κ2) is 11.3. The van der Waals surface area contributed by atoms with Crippen molar-refractivity contribution in [2.45, 2.75) is 31.0 Å². The molecule has 0 aliphatic rings. The second-order valence-corrected chi connectivity index (χ2v) is 6.77. The minimum atomic E-state index is -1.05. The van der Waals surface area contributed by atoms with Crippen LogP contribution in [0.15, 0.2) is 60.7 Å². The largest absolute Gasteiger partial charge is 0.344 e. The summed E-state index contributed by atoms with van der Waals surface area (Å²) in [5, 5.41) is 3.14. The summed E-state index contributed by atoms with van der Waals surface area (Å²) in [4.78, 5) is 36.5. The lowest BCUT2D eigenvalue weighted by atomic mass is 10.1. The van der Waals surface area contributed by atoms with Crippen molar-refractivity contribution in [1.82, 2.24) is 10.6 Å². The predicted octanol–water partition coefficient (Wildman–Crippen LogP) is 0.897. The lowest BCUT2D eigenvalue weighted by Crippen LogP contribution is -2.55. The molecule has 0 radical (unpaired) electrons. The van der Waals surface area contributed by atoms with Crippen LogP contribution < -0.4 is 16.4 Å². The molecule has 3 atom stereocenters. The van der Waals surface area contributed by atoms with Crippen molar-refractivity contribution in [3.05, 3.63) is 71.8 Å². The second-order valence-electron chi connectivity index (χ2n) is 6.40. The molecule has 2 aromatic carbocycles. The van der Waals surface area contributed by atoms with Gasteiger partial charge in [-0.2, -0.15) is 12.6 Å². The van der Waals surface area contributed by atoms with Crippen LogP contribution in [-0.2, 0) is 27.2 Å². The van der Waals surface area contributed by atoms with E-state index < -0.39 is 29.9 Å². The minimum absolute atomic E-state index is 0.0189. The van der Waals surface area contributed by atoms with Crippen LogP contribution in [0.3, 0.4) is 0 Å². The normalized spacial score (nSPS) is 14.3. The summed E-state index contributed by atoms with van der Waals surface area (Å²) in [6.45, 7) is 0. The van der Waals surface area contributed by atoms with Crippen molar-refractivity contribution in [3.63, 3.8) is 0 Å². The molecule has 6 nitrogen and oxygen atoms in total. The Hall–Kier alpha value is -2.64. The van der Waals surface area contributed by atoms with Crippen molar-refractivity contribution in [3.8, 4) is 0 Å². The molecular formula is C21H25N3O3S. The summed E-state index contributed by atoms with van der Waals surface area (Å²) < 4.78 is 8.09. The van der Waals surface area contributed by atoms with E-state index in [0.29, 0.717) is 18.0 Å². The van der Waals surface area contributed by atoms with E-state index >= 15 is 0 Å². The Morgan fingerprint density at radius 2 is 1.54 bits per heavy atom. The number of rotatable bonds is 10. The third-order valence-corrected chi connectivity index (χ3v) is 4.54. The molecule has 0 saturated heterocycles. The van der Waals surface area contributed by atoms with Crippen LogP contribution in [-0.4, -0.2) is 42.0 Å². The molecule has 7 heteroatoms. The van der Waals surface area contributed by atoms with Gasteiger partial charge in [0, 0.05) is 5.75 Å². The van der Waals surface area contributed by atoms with Gasteiger partial charge in [-0.3, -0.25) is 9.59 Å². The molecule has 0 aromatic heterocycles. The summed E-state index contributed by atoms with van der Waals surface area (Å²) in [6, 6.07) is 15.5. The van der Waals surface area contributed by atoms with E-state index in [0.717, 1.165) is 11.1 Å². The van der Waals surface area contributed by atoms with Crippen molar-refractivity contribution < 1.29 is 15.8 Å². The van der Waals surface area contributed by atoms with E-state index in [4.69, 9.17) is 7.15 Å². The molecule has 0 unspecified atom stereocenters. The van der Waals surface area contributed by atoms with Crippen LogP contribution in [0.2, 0.25) is 1.41 Å². The van der Waals surface area contributed by atoms with E-state index in [1.54, 1.807) is 0 Å². The third kappa shape index (κ3) is 6.83. The van der Waals surface area contributed by atoms with Crippen molar-refractivity contribution in [1.29, 1.82) is 0 Å². The maximum Gasteiger partial charge on any atom is 0.244 e. The molecule has 148 valence electrons. The molecule has 0 saturated carbocycles. The van der Waals surface area contributed by atoms with Crippen LogP contribution in [0.25, 0.3) is 0 Å². The number of carbonyl (C=O) groups excluding carboxylic acids is 3. The van der Waals surface area contributed by atoms with Crippen LogP contribution in [0, 0.1) is 0 Å². The Labute approximate surface area is 171 Å². The molecular weight excluding hydrogens is 374 g/mol. The highest BCUT2D eigenvalue weighted by molar-refractivity contribution is 7.80. The van der Waals surface area contributed by atoms with Crippen LogP contribution in [0.5, 0.6) is 0 Å². The van der Waals surface area contributed by atoms with Crippen molar-refractivity contribution in [2.75, 3.05) is 5.75 Å². The van der Waals surface area contributed by atoms with E-state index in [2.05, 4.69) is 17.9 Å². The number of benzene rings is 2.